The van der Waals surface area contributed by atoms with Gasteiger partial charge in [0.15, 0.2) is 11.5 Å². The Balaban J connectivity index is 1.80. The highest BCUT2D eigenvalue weighted by molar-refractivity contribution is 9.10. The number of nitrogens with zero attached hydrogens (tertiary/aromatic N) is 6. The van der Waals surface area contributed by atoms with Gasteiger partial charge in [0.1, 0.15) is 5.00 Å². The van der Waals surface area contributed by atoms with Crippen LogP contribution in [0, 0.1) is 6.92 Å². The van der Waals surface area contributed by atoms with Crippen LogP contribution >= 0.6 is 27.5 Å². The van der Waals surface area contributed by atoms with E-state index in [2.05, 4.69) is 40.7 Å². The van der Waals surface area contributed by atoms with E-state index in [0.29, 0.717) is 5.82 Å². The average Bonchev–Trinajstić information content (AvgIpc) is 3.23. The number of nitrogens with one attached hydrogen (secondary N) is 1. The third-order valence-corrected chi connectivity index (χ3v) is 5.54. The molecule has 0 radical (unpaired) electrons. The maximum atomic E-state index is 4.51. The molecule has 0 aliphatic heterocycles. The standard InChI is InChI=1S/C14H12BrN7S/c1-8-11(15)14(23-20-8)19-12-13-17-6-10(22(13)4-3-16-12)9-5-18-21(2)7-9/h3-7H,1-2H3,(H,16,19). The number of halogens is 1. The van der Waals surface area contributed by atoms with Crippen LogP contribution in [0.4, 0.5) is 10.8 Å². The van der Waals surface area contributed by atoms with Crippen molar-refractivity contribution in [2.24, 2.45) is 7.05 Å². The van der Waals surface area contributed by atoms with E-state index in [1.54, 1.807) is 10.9 Å². The van der Waals surface area contributed by atoms with Crippen LogP contribution < -0.4 is 5.32 Å². The Morgan fingerprint density at radius 3 is 2.83 bits per heavy atom. The molecule has 116 valence electrons. The van der Waals surface area contributed by atoms with Crippen molar-refractivity contribution in [3.8, 4) is 11.3 Å². The van der Waals surface area contributed by atoms with Gasteiger partial charge in [-0.25, -0.2) is 9.97 Å². The number of aryl methyl sites for hydroxylation is 2. The maximum absolute atomic E-state index is 4.51. The molecule has 0 aliphatic carbocycles. The molecule has 0 amide bonds. The molecule has 0 aliphatic rings. The second-order valence-electron chi connectivity index (χ2n) is 5.05. The molecule has 4 heterocycles. The summed E-state index contributed by atoms with van der Waals surface area (Å²) in [5, 5.41) is 8.43. The van der Waals surface area contributed by atoms with E-state index >= 15 is 0 Å². The third-order valence-electron chi connectivity index (χ3n) is 3.45. The molecule has 9 heteroatoms. The summed E-state index contributed by atoms with van der Waals surface area (Å²) in [6.07, 6.45) is 9.24. The lowest BCUT2D eigenvalue weighted by molar-refractivity contribution is 0.768. The summed E-state index contributed by atoms with van der Waals surface area (Å²) in [6.45, 7) is 1.95. The minimum absolute atomic E-state index is 0.687. The van der Waals surface area contributed by atoms with Crippen LogP contribution in [-0.4, -0.2) is 28.5 Å². The van der Waals surface area contributed by atoms with Crippen molar-refractivity contribution in [2.75, 3.05) is 5.32 Å². The van der Waals surface area contributed by atoms with E-state index in [-0.39, 0.29) is 0 Å². The normalized spacial score (nSPS) is 11.3. The topological polar surface area (TPSA) is 72.9 Å². The monoisotopic (exact) mass is 389 g/mol. The Morgan fingerprint density at radius 2 is 2.13 bits per heavy atom. The SMILES string of the molecule is Cc1nsc(Nc2nccn3c(-c4cnn(C)c4)cnc23)c1Br. The van der Waals surface area contributed by atoms with E-state index in [1.165, 1.54) is 11.5 Å². The average molecular weight is 390 g/mol. The Morgan fingerprint density at radius 1 is 1.26 bits per heavy atom. The van der Waals surface area contributed by atoms with Gasteiger partial charge in [0.05, 0.1) is 28.3 Å². The van der Waals surface area contributed by atoms with Gasteiger partial charge >= 0.3 is 0 Å². The number of hydrogen-bond donors (Lipinski definition) is 1. The summed E-state index contributed by atoms with van der Waals surface area (Å²) in [4.78, 5) is 8.91. The predicted molar refractivity (Wildman–Crippen MR) is 93.0 cm³/mol. The quantitative estimate of drug-likeness (QED) is 0.581. The number of fused-ring (bicyclic) bond motifs is 1. The van der Waals surface area contributed by atoms with Gasteiger partial charge in [-0.15, -0.1) is 0 Å². The molecule has 4 aromatic rings. The largest absolute Gasteiger partial charge is 0.327 e. The van der Waals surface area contributed by atoms with Gasteiger partial charge in [0, 0.05) is 31.2 Å². The zero-order chi connectivity index (χ0) is 16.0. The van der Waals surface area contributed by atoms with E-state index in [4.69, 9.17) is 0 Å². The molecule has 1 N–H and O–H groups in total. The minimum atomic E-state index is 0.687. The molecule has 23 heavy (non-hydrogen) atoms. The Kier molecular flexibility index (Phi) is 3.38. The minimum Gasteiger partial charge on any atom is -0.327 e. The summed E-state index contributed by atoms with van der Waals surface area (Å²) < 4.78 is 9.03. The van der Waals surface area contributed by atoms with Gasteiger partial charge in [-0.3, -0.25) is 9.08 Å². The molecular formula is C14H12BrN7S. The van der Waals surface area contributed by atoms with Crippen LogP contribution in [-0.2, 0) is 7.05 Å². The van der Waals surface area contributed by atoms with Gasteiger partial charge < -0.3 is 5.32 Å². The Bertz CT molecular complexity index is 1000. The first-order valence-electron chi connectivity index (χ1n) is 6.83. The highest BCUT2D eigenvalue weighted by Gasteiger charge is 2.14. The number of hydrogen-bond acceptors (Lipinski definition) is 6. The van der Waals surface area contributed by atoms with Crippen LogP contribution in [0.2, 0.25) is 0 Å². The van der Waals surface area contributed by atoms with Gasteiger partial charge in [-0.2, -0.15) is 9.47 Å². The fourth-order valence-corrected chi connectivity index (χ4v) is 3.53. The van der Waals surface area contributed by atoms with E-state index in [9.17, 15) is 0 Å². The van der Waals surface area contributed by atoms with Crippen molar-refractivity contribution in [3.05, 3.63) is 41.2 Å². The zero-order valence-electron chi connectivity index (χ0n) is 12.4. The molecular weight excluding hydrogens is 378 g/mol. The third kappa shape index (κ3) is 2.41. The van der Waals surface area contributed by atoms with Crippen molar-refractivity contribution >= 4 is 43.9 Å². The van der Waals surface area contributed by atoms with E-state index < -0.39 is 0 Å². The lowest BCUT2D eigenvalue weighted by Crippen LogP contribution is -1.97. The Labute approximate surface area is 144 Å². The van der Waals surface area contributed by atoms with E-state index in [1.807, 2.05) is 43.2 Å². The molecule has 4 rings (SSSR count). The summed E-state index contributed by atoms with van der Waals surface area (Å²) in [5.41, 5.74) is 3.68. The van der Waals surface area contributed by atoms with Crippen LogP contribution in [0.5, 0.6) is 0 Å². The van der Waals surface area contributed by atoms with Crippen molar-refractivity contribution in [1.82, 2.24) is 28.5 Å². The highest BCUT2D eigenvalue weighted by Crippen LogP contribution is 2.33. The molecule has 0 unspecified atom stereocenters. The lowest BCUT2D eigenvalue weighted by Gasteiger charge is -2.05. The van der Waals surface area contributed by atoms with Crippen LogP contribution in [0.15, 0.2) is 35.5 Å². The summed E-state index contributed by atoms with van der Waals surface area (Å²) in [6, 6.07) is 0. The maximum Gasteiger partial charge on any atom is 0.180 e. The number of anilines is 2. The molecule has 7 nitrogen and oxygen atoms in total. The first kappa shape index (κ1) is 14.3. The molecule has 0 saturated carbocycles. The van der Waals surface area contributed by atoms with Gasteiger partial charge in [-0.1, -0.05) is 0 Å². The first-order chi connectivity index (χ1) is 11.1. The number of imidazole rings is 1. The summed E-state index contributed by atoms with van der Waals surface area (Å²) >= 11 is 4.92. The van der Waals surface area contributed by atoms with Crippen molar-refractivity contribution in [2.45, 2.75) is 6.92 Å². The molecule has 0 saturated heterocycles. The van der Waals surface area contributed by atoms with Gasteiger partial charge in [0.2, 0.25) is 0 Å². The zero-order valence-corrected chi connectivity index (χ0v) is 14.8. The molecule has 0 fully saturated rings. The molecule has 0 atom stereocenters. The fraction of sp³-hybridized carbons (Fsp3) is 0.143. The smallest absolute Gasteiger partial charge is 0.180 e. The van der Waals surface area contributed by atoms with Crippen LogP contribution in [0.3, 0.4) is 0 Å². The molecule has 0 aromatic carbocycles. The second kappa shape index (κ2) is 5.43. The lowest BCUT2D eigenvalue weighted by atomic mass is 10.3. The second-order valence-corrected chi connectivity index (χ2v) is 6.62. The fourth-order valence-electron chi connectivity index (χ4n) is 2.32. The van der Waals surface area contributed by atoms with Crippen molar-refractivity contribution in [3.63, 3.8) is 0 Å². The highest BCUT2D eigenvalue weighted by atomic mass is 79.9. The van der Waals surface area contributed by atoms with Crippen LogP contribution in [0.1, 0.15) is 5.69 Å². The van der Waals surface area contributed by atoms with E-state index in [0.717, 1.165) is 32.1 Å². The molecule has 0 spiro atoms. The predicted octanol–water partition coefficient (Wildman–Crippen LogP) is 3.40. The first-order valence-corrected chi connectivity index (χ1v) is 8.40. The van der Waals surface area contributed by atoms with Gasteiger partial charge in [0.25, 0.3) is 0 Å². The van der Waals surface area contributed by atoms with Crippen LogP contribution in [0.25, 0.3) is 16.9 Å². The number of aromatic nitrogens is 6. The Hall–Kier alpha value is -2.26. The van der Waals surface area contributed by atoms with Crippen molar-refractivity contribution < 1.29 is 0 Å². The number of rotatable bonds is 3. The summed E-state index contributed by atoms with van der Waals surface area (Å²) in [7, 11) is 1.89. The molecule has 4 aromatic heterocycles. The van der Waals surface area contributed by atoms with Gasteiger partial charge in [-0.05, 0) is 34.4 Å². The van der Waals surface area contributed by atoms with Crippen molar-refractivity contribution in [1.29, 1.82) is 0 Å². The summed E-state index contributed by atoms with van der Waals surface area (Å²) in [5.74, 6) is 0.687. The molecule has 0 bridgehead atoms.